The van der Waals surface area contributed by atoms with Gasteiger partial charge in [0.15, 0.2) is 0 Å². The van der Waals surface area contributed by atoms with E-state index in [1.54, 1.807) is 19.1 Å². The number of ether oxygens (including phenoxy) is 1. The van der Waals surface area contributed by atoms with Crippen molar-refractivity contribution in [1.29, 1.82) is 0 Å². The molecule has 0 spiro atoms. The van der Waals surface area contributed by atoms with Gasteiger partial charge >= 0.3 is 6.03 Å². The molecule has 0 bridgehead atoms. The second-order valence-corrected chi connectivity index (χ2v) is 4.24. The molecular weight excluding hydrogens is 251 g/mol. The number of amides is 2. The summed E-state index contributed by atoms with van der Waals surface area (Å²) >= 11 is 0. The normalized spacial score (nSPS) is 12.0. The lowest BCUT2D eigenvalue weighted by molar-refractivity contribution is 0.0599. The van der Waals surface area contributed by atoms with Crippen molar-refractivity contribution in [3.8, 4) is 0 Å². The van der Waals surface area contributed by atoms with Crippen LogP contribution in [0, 0.1) is 12.7 Å². The van der Waals surface area contributed by atoms with Crippen LogP contribution in [0.4, 0.5) is 14.9 Å². The number of urea groups is 1. The summed E-state index contributed by atoms with van der Waals surface area (Å²) in [5.74, 6) is -0.367. The molecule has 0 saturated heterocycles. The van der Waals surface area contributed by atoms with E-state index < -0.39 is 12.1 Å². The molecule has 0 fully saturated rings. The molecule has 0 saturated carbocycles. The van der Waals surface area contributed by atoms with Gasteiger partial charge in [-0.3, -0.25) is 0 Å². The van der Waals surface area contributed by atoms with E-state index in [1.165, 1.54) is 13.2 Å². The van der Waals surface area contributed by atoms with Crippen LogP contribution < -0.4 is 10.6 Å². The molecule has 0 heterocycles. The van der Waals surface area contributed by atoms with Gasteiger partial charge in [0.2, 0.25) is 0 Å². The number of carbonyl (C=O) groups is 1. The predicted octanol–water partition coefficient (Wildman–Crippen LogP) is 1.65. The molecule has 0 radical (unpaired) electrons. The zero-order chi connectivity index (χ0) is 14.3. The molecule has 19 heavy (non-hydrogen) atoms. The lowest BCUT2D eigenvalue weighted by Crippen LogP contribution is -2.32. The molecule has 1 unspecified atom stereocenters. The Labute approximate surface area is 111 Å². The van der Waals surface area contributed by atoms with E-state index in [9.17, 15) is 14.3 Å². The Hall–Kier alpha value is -1.66. The van der Waals surface area contributed by atoms with E-state index in [0.29, 0.717) is 24.2 Å². The van der Waals surface area contributed by atoms with Crippen LogP contribution in [0.5, 0.6) is 0 Å². The van der Waals surface area contributed by atoms with Crippen LogP contribution in [0.1, 0.15) is 12.0 Å². The van der Waals surface area contributed by atoms with Gasteiger partial charge in [-0.15, -0.1) is 0 Å². The average molecular weight is 270 g/mol. The van der Waals surface area contributed by atoms with Gasteiger partial charge in [-0.25, -0.2) is 9.18 Å². The summed E-state index contributed by atoms with van der Waals surface area (Å²) in [7, 11) is 1.50. The summed E-state index contributed by atoms with van der Waals surface area (Å²) in [6.45, 7) is 2.19. The first kappa shape index (κ1) is 15.4. The molecule has 0 aromatic heterocycles. The van der Waals surface area contributed by atoms with Crippen molar-refractivity contribution in [3.63, 3.8) is 0 Å². The van der Waals surface area contributed by atoms with Gasteiger partial charge in [-0.1, -0.05) is 6.07 Å². The first-order valence-corrected chi connectivity index (χ1v) is 6.01. The van der Waals surface area contributed by atoms with Crippen molar-refractivity contribution in [2.45, 2.75) is 19.4 Å². The molecule has 1 atom stereocenters. The van der Waals surface area contributed by atoms with Crippen molar-refractivity contribution in [3.05, 3.63) is 29.6 Å². The fraction of sp³-hybridized carbons (Fsp3) is 0.462. The second-order valence-electron chi connectivity index (χ2n) is 4.24. The first-order chi connectivity index (χ1) is 9.02. The molecule has 2 amide bonds. The number of rotatable bonds is 6. The Morgan fingerprint density at radius 1 is 1.53 bits per heavy atom. The molecule has 0 aliphatic rings. The Balaban J connectivity index is 2.33. The minimum Gasteiger partial charge on any atom is -0.391 e. The summed E-state index contributed by atoms with van der Waals surface area (Å²) in [5, 5.41) is 14.5. The molecule has 3 N–H and O–H groups in total. The van der Waals surface area contributed by atoms with Crippen LogP contribution in [-0.2, 0) is 4.74 Å². The van der Waals surface area contributed by atoms with Crippen molar-refractivity contribution in [1.82, 2.24) is 5.32 Å². The van der Waals surface area contributed by atoms with Crippen LogP contribution >= 0.6 is 0 Å². The van der Waals surface area contributed by atoms with E-state index in [4.69, 9.17) is 4.74 Å². The largest absolute Gasteiger partial charge is 0.391 e. The van der Waals surface area contributed by atoms with Crippen molar-refractivity contribution >= 4 is 11.7 Å². The van der Waals surface area contributed by atoms with Crippen LogP contribution in [0.3, 0.4) is 0 Å². The average Bonchev–Trinajstić information content (AvgIpc) is 2.34. The second kappa shape index (κ2) is 7.70. The third-order valence-electron chi connectivity index (χ3n) is 2.55. The quantitative estimate of drug-likeness (QED) is 0.736. The number of nitrogens with one attached hydrogen (secondary N) is 2. The number of carbonyl (C=O) groups excluding carboxylic acids is 1. The fourth-order valence-electron chi connectivity index (χ4n) is 1.47. The Bertz CT molecular complexity index is 426. The Morgan fingerprint density at radius 2 is 2.26 bits per heavy atom. The molecule has 106 valence electrons. The topological polar surface area (TPSA) is 70.6 Å². The SMILES string of the molecule is COCC(O)CCNC(=O)Nc1ccc(C)c(F)c1. The Morgan fingerprint density at radius 3 is 2.89 bits per heavy atom. The smallest absolute Gasteiger partial charge is 0.319 e. The number of aryl methyl sites for hydroxylation is 1. The van der Waals surface area contributed by atoms with Crippen LogP contribution in [0.25, 0.3) is 0 Å². The fourth-order valence-corrected chi connectivity index (χ4v) is 1.47. The molecule has 0 aliphatic carbocycles. The third-order valence-corrected chi connectivity index (χ3v) is 2.55. The molecule has 1 rings (SSSR count). The molecule has 6 heteroatoms. The van der Waals surface area contributed by atoms with Gasteiger partial charge in [0.1, 0.15) is 5.82 Å². The number of halogens is 1. The molecule has 1 aromatic rings. The summed E-state index contributed by atoms with van der Waals surface area (Å²) in [6.07, 6.45) is -0.217. The number of anilines is 1. The maximum atomic E-state index is 13.3. The summed E-state index contributed by atoms with van der Waals surface area (Å²) in [6, 6.07) is 4.03. The van der Waals surface area contributed by atoms with E-state index >= 15 is 0 Å². The molecule has 0 aliphatic heterocycles. The zero-order valence-electron chi connectivity index (χ0n) is 11.1. The van der Waals surface area contributed by atoms with E-state index in [0.717, 1.165) is 0 Å². The third kappa shape index (κ3) is 5.67. The summed E-state index contributed by atoms with van der Waals surface area (Å²) in [5.41, 5.74) is 0.909. The summed E-state index contributed by atoms with van der Waals surface area (Å²) < 4.78 is 18.0. The van der Waals surface area contributed by atoms with E-state index in [2.05, 4.69) is 10.6 Å². The highest BCUT2D eigenvalue weighted by molar-refractivity contribution is 5.89. The van der Waals surface area contributed by atoms with Gasteiger partial charge in [0.05, 0.1) is 12.7 Å². The highest BCUT2D eigenvalue weighted by Gasteiger charge is 2.06. The monoisotopic (exact) mass is 270 g/mol. The highest BCUT2D eigenvalue weighted by Crippen LogP contribution is 2.13. The lowest BCUT2D eigenvalue weighted by Gasteiger charge is -2.11. The first-order valence-electron chi connectivity index (χ1n) is 6.01. The lowest BCUT2D eigenvalue weighted by atomic mass is 10.2. The van der Waals surface area contributed by atoms with Gasteiger partial charge in [-0.05, 0) is 31.0 Å². The van der Waals surface area contributed by atoms with Crippen molar-refractivity contribution in [2.24, 2.45) is 0 Å². The Kier molecular flexibility index (Phi) is 6.24. The minimum atomic E-state index is -0.609. The number of aliphatic hydroxyl groups excluding tert-OH is 1. The maximum Gasteiger partial charge on any atom is 0.319 e. The number of aliphatic hydroxyl groups is 1. The zero-order valence-corrected chi connectivity index (χ0v) is 11.1. The van der Waals surface area contributed by atoms with Gasteiger partial charge < -0.3 is 20.5 Å². The van der Waals surface area contributed by atoms with Crippen molar-refractivity contribution < 1.29 is 19.0 Å². The molecule has 5 nitrogen and oxygen atoms in total. The van der Waals surface area contributed by atoms with Gasteiger partial charge in [0, 0.05) is 19.3 Å². The number of hydrogen-bond donors (Lipinski definition) is 3. The van der Waals surface area contributed by atoms with Crippen LogP contribution in [0.2, 0.25) is 0 Å². The van der Waals surface area contributed by atoms with E-state index in [-0.39, 0.29) is 12.4 Å². The van der Waals surface area contributed by atoms with Crippen LogP contribution in [0.15, 0.2) is 18.2 Å². The van der Waals surface area contributed by atoms with Gasteiger partial charge in [-0.2, -0.15) is 0 Å². The van der Waals surface area contributed by atoms with Gasteiger partial charge in [0.25, 0.3) is 0 Å². The predicted molar refractivity (Wildman–Crippen MR) is 70.7 cm³/mol. The maximum absolute atomic E-state index is 13.3. The molecular formula is C13H19FN2O3. The number of benzene rings is 1. The standard InChI is InChI=1S/C13H19FN2O3/c1-9-3-4-10(7-12(9)14)16-13(18)15-6-5-11(17)8-19-2/h3-4,7,11,17H,5-6,8H2,1-2H3,(H2,15,16,18). The summed E-state index contributed by atoms with van der Waals surface area (Å²) in [4.78, 5) is 11.5. The highest BCUT2D eigenvalue weighted by atomic mass is 19.1. The molecule has 1 aromatic carbocycles. The minimum absolute atomic E-state index is 0.229. The number of hydrogen-bond acceptors (Lipinski definition) is 3. The van der Waals surface area contributed by atoms with Crippen molar-refractivity contribution in [2.75, 3.05) is 25.6 Å². The van der Waals surface area contributed by atoms with Crippen LogP contribution in [-0.4, -0.2) is 37.5 Å². The van der Waals surface area contributed by atoms with E-state index in [1.807, 2.05) is 0 Å². The number of methoxy groups -OCH3 is 1.